The van der Waals surface area contributed by atoms with Gasteiger partial charge in [0.05, 0.1) is 18.6 Å². The Morgan fingerprint density at radius 3 is 2.43 bits per heavy atom. The van der Waals surface area contributed by atoms with Gasteiger partial charge in [0.2, 0.25) is 11.8 Å². The van der Waals surface area contributed by atoms with Crippen molar-refractivity contribution in [3.05, 3.63) is 114 Å². The zero-order valence-corrected chi connectivity index (χ0v) is 33.1. The number of nitrogens with one attached hydrogen (secondary N) is 1. The number of hydrogen-bond donors (Lipinski definition) is 2. The number of urea groups is 1. The van der Waals surface area contributed by atoms with Crippen LogP contribution >= 0.6 is 7.82 Å². The second-order valence-electron chi connectivity index (χ2n) is 13.7. The molecule has 16 heteroatoms. The van der Waals surface area contributed by atoms with Crippen LogP contribution in [0.3, 0.4) is 0 Å². The molecule has 3 fully saturated rings. The molecule has 2 N–H and O–H groups in total. The van der Waals surface area contributed by atoms with Crippen molar-refractivity contribution in [1.82, 2.24) is 29.7 Å². The molecule has 0 bridgehead atoms. The molecule has 54 heavy (non-hydrogen) atoms. The molecule has 2 aliphatic heterocycles. The predicted octanol–water partition coefficient (Wildman–Crippen LogP) is 0.351. The van der Waals surface area contributed by atoms with Crippen molar-refractivity contribution < 1.29 is 67.6 Å². The van der Waals surface area contributed by atoms with E-state index in [4.69, 9.17) is 4.89 Å². The molecule has 4 amide bonds. The van der Waals surface area contributed by atoms with Crippen LogP contribution in [-0.2, 0) is 40.7 Å². The fourth-order valence-corrected chi connectivity index (χ4v) is 7.78. The van der Waals surface area contributed by atoms with E-state index >= 15 is 0 Å². The monoisotopic (exact) mass is 762 g/mol. The molecule has 3 aliphatic rings. The van der Waals surface area contributed by atoms with E-state index in [0.717, 1.165) is 34.9 Å². The third-order valence-electron chi connectivity index (χ3n) is 9.90. The van der Waals surface area contributed by atoms with Gasteiger partial charge in [0.15, 0.2) is 5.78 Å². The molecule has 2 saturated heterocycles. The van der Waals surface area contributed by atoms with Crippen molar-refractivity contribution in [2.24, 2.45) is 13.0 Å². The molecule has 1 saturated carbocycles. The summed E-state index contributed by atoms with van der Waals surface area (Å²) in [5.41, 5.74) is 3.75. The van der Waals surface area contributed by atoms with E-state index in [-0.39, 0.29) is 98.0 Å². The summed E-state index contributed by atoms with van der Waals surface area (Å²) in [6, 6.07) is 19.4. The number of nitrogens with zero attached hydrogens (tertiary/aromatic N) is 5. The van der Waals surface area contributed by atoms with Gasteiger partial charge >= 0.3 is 43.4 Å². The molecule has 14 nitrogen and oxygen atoms in total. The van der Waals surface area contributed by atoms with E-state index in [0.29, 0.717) is 11.1 Å². The molecular weight excluding hydrogens is 722 g/mol. The van der Waals surface area contributed by atoms with Gasteiger partial charge in [0.25, 0.3) is 0 Å². The van der Waals surface area contributed by atoms with Gasteiger partial charge < -0.3 is 34.0 Å². The van der Waals surface area contributed by atoms with Crippen LogP contribution in [0.2, 0.25) is 0 Å². The number of carbonyl (C=O) groups is 4. The first kappa shape index (κ1) is 39.4. The number of phosphoric acid groups is 1. The number of para-hydroxylation sites is 1. The predicted molar refractivity (Wildman–Crippen MR) is 193 cm³/mol. The smallest absolute Gasteiger partial charge is 0.746 e. The maximum absolute atomic E-state index is 14.6. The Morgan fingerprint density at radius 2 is 1.76 bits per heavy atom. The van der Waals surface area contributed by atoms with Gasteiger partial charge in [0, 0.05) is 56.2 Å². The molecule has 3 aromatic carbocycles. The topological polar surface area (TPSA) is 168 Å². The van der Waals surface area contributed by atoms with Gasteiger partial charge in [-0.05, 0) is 41.7 Å². The number of hydrazine groups is 1. The summed E-state index contributed by atoms with van der Waals surface area (Å²) in [6.45, 7) is 4.25. The van der Waals surface area contributed by atoms with Crippen LogP contribution < -0.4 is 44.3 Å². The van der Waals surface area contributed by atoms with Crippen LogP contribution in [0, 0.1) is 5.92 Å². The van der Waals surface area contributed by atoms with Gasteiger partial charge in [-0.2, -0.15) is 0 Å². The van der Waals surface area contributed by atoms with Gasteiger partial charge in [-0.1, -0.05) is 66.7 Å². The number of fused-ring (bicyclic) bond motifs is 2. The SMILES string of the molecule is C=CCN1CC(=O)N2[C@@H](Cc3ccc(OP(=O)([O-])O)cc3)C(=O)N(Cc3cccc4c(C(=O)C5CC5)cn(C)c34)C[C@@H]2N1C(=O)NCc1ccccc1.[Na+]. The molecule has 3 heterocycles. The summed E-state index contributed by atoms with van der Waals surface area (Å²) in [4.78, 5) is 79.4. The number of carbonyl (C=O) groups excluding carboxylic acids is 4. The average Bonchev–Trinajstić information content (AvgIpc) is 3.92. The number of rotatable bonds is 12. The summed E-state index contributed by atoms with van der Waals surface area (Å²) >= 11 is 0. The fraction of sp³-hybridized carbons (Fsp3) is 0.316. The summed E-state index contributed by atoms with van der Waals surface area (Å²) < 4.78 is 17.8. The van der Waals surface area contributed by atoms with E-state index in [2.05, 4.69) is 16.4 Å². The maximum atomic E-state index is 14.6. The number of benzene rings is 3. The van der Waals surface area contributed by atoms with Crippen molar-refractivity contribution in [3.63, 3.8) is 0 Å². The Labute approximate surface area is 334 Å². The third-order valence-corrected chi connectivity index (χ3v) is 10.3. The first-order valence-electron chi connectivity index (χ1n) is 17.4. The zero-order valence-electron chi connectivity index (χ0n) is 30.2. The quantitative estimate of drug-likeness (QED) is 0.0897. The minimum absolute atomic E-state index is 0. The fourth-order valence-electron chi connectivity index (χ4n) is 7.39. The molecule has 7 rings (SSSR count). The Bertz CT molecular complexity index is 2120. The first-order valence-corrected chi connectivity index (χ1v) is 18.9. The number of ketones is 1. The number of piperazine rings is 1. The van der Waals surface area contributed by atoms with Gasteiger partial charge in [-0.25, -0.2) is 14.8 Å². The minimum Gasteiger partial charge on any atom is -0.746 e. The Balaban J connectivity index is 0.00000497. The van der Waals surface area contributed by atoms with Crippen LogP contribution in [0.25, 0.3) is 10.9 Å². The molecule has 4 aromatic rings. The van der Waals surface area contributed by atoms with Crippen LogP contribution in [0.1, 0.15) is 39.9 Å². The van der Waals surface area contributed by atoms with Crippen molar-refractivity contribution in [1.29, 1.82) is 0 Å². The molecular formula is C38H40N6NaO8P. The van der Waals surface area contributed by atoms with E-state index < -0.39 is 26.1 Å². The van der Waals surface area contributed by atoms with Crippen LogP contribution in [-0.4, -0.2) is 84.7 Å². The second-order valence-corrected chi connectivity index (χ2v) is 14.8. The normalized spacial score (nSPS) is 19.9. The van der Waals surface area contributed by atoms with E-state index in [1.807, 2.05) is 66.3 Å². The summed E-state index contributed by atoms with van der Waals surface area (Å²) in [7, 11) is -3.16. The summed E-state index contributed by atoms with van der Waals surface area (Å²) in [5, 5.41) is 6.91. The second kappa shape index (κ2) is 16.2. The average molecular weight is 763 g/mol. The Kier molecular flexibility index (Phi) is 11.8. The molecule has 1 unspecified atom stereocenters. The number of phosphoric ester groups is 1. The van der Waals surface area contributed by atoms with E-state index in [1.165, 1.54) is 22.0 Å². The maximum Gasteiger partial charge on any atom is 1.00 e. The number of aryl methyl sites for hydroxylation is 1. The summed E-state index contributed by atoms with van der Waals surface area (Å²) in [5.74, 6) is -0.644. The molecule has 1 aliphatic carbocycles. The van der Waals surface area contributed by atoms with Gasteiger partial charge in [-0.3, -0.25) is 18.9 Å². The standard InChI is InChI=1S/C38H41N6O8P.Na/c1-3-18-42-24-34(45)43-32(19-25-12-16-29(17-13-25)52-53(49,50)51)37(47)41(23-33(43)44(42)38(48)39-20-26-8-5-4-6-9-26)21-28-10-7-11-30-31(22-40(2)35(28)30)36(46)27-14-15-27;/h3-13,16-17,22,27,32-33H,1,14-15,18-21,23-24H2,2H3,(H,39,48)(H2,49,50,51);/q;+1/p-1/t32-,33-;/m0./s1. The van der Waals surface area contributed by atoms with Crippen LogP contribution in [0.5, 0.6) is 5.75 Å². The zero-order chi connectivity index (χ0) is 37.4. The first-order chi connectivity index (χ1) is 25.4. The third kappa shape index (κ3) is 8.35. The minimum atomic E-state index is -5.04. The summed E-state index contributed by atoms with van der Waals surface area (Å²) in [6.07, 6.45) is 4.36. The number of hydrogen-bond acceptors (Lipinski definition) is 8. The molecule has 0 spiro atoms. The molecule has 1 aromatic heterocycles. The Hall–Kier alpha value is -4.27. The van der Waals surface area contributed by atoms with Crippen molar-refractivity contribution in [2.75, 3.05) is 19.6 Å². The largest absolute Gasteiger partial charge is 1.00 e. The van der Waals surface area contributed by atoms with Gasteiger partial charge in [0.1, 0.15) is 18.0 Å². The molecule has 0 radical (unpaired) electrons. The van der Waals surface area contributed by atoms with Crippen LogP contribution in [0.15, 0.2) is 91.6 Å². The van der Waals surface area contributed by atoms with Crippen molar-refractivity contribution in [3.8, 4) is 5.75 Å². The number of Topliss-reactive ketones (excluding diaryl/α,β-unsaturated/α-hetero) is 1. The van der Waals surface area contributed by atoms with Crippen molar-refractivity contribution in [2.45, 2.75) is 44.6 Å². The van der Waals surface area contributed by atoms with Gasteiger partial charge in [-0.15, -0.1) is 6.58 Å². The Morgan fingerprint density at radius 1 is 1.04 bits per heavy atom. The number of aromatic nitrogens is 1. The molecule has 276 valence electrons. The van der Waals surface area contributed by atoms with Crippen LogP contribution in [0.4, 0.5) is 4.79 Å². The van der Waals surface area contributed by atoms with E-state index in [1.54, 1.807) is 28.1 Å². The van der Waals surface area contributed by atoms with E-state index in [9.17, 15) is 28.6 Å². The van der Waals surface area contributed by atoms with Crippen molar-refractivity contribution >= 4 is 42.4 Å². The molecule has 3 atom stereocenters. The number of amides is 4.